The summed E-state index contributed by atoms with van der Waals surface area (Å²) in [5, 5.41) is 21.7. The van der Waals surface area contributed by atoms with Crippen LogP contribution in [0.15, 0.2) is 29.1 Å². The molecule has 3 aromatic rings. The van der Waals surface area contributed by atoms with Gasteiger partial charge >= 0.3 is 6.09 Å². The highest BCUT2D eigenvalue weighted by Gasteiger charge is 2.39. The number of carbonyl (C=O) groups excluding carboxylic acids is 1. The van der Waals surface area contributed by atoms with Crippen molar-refractivity contribution in [1.82, 2.24) is 14.4 Å². The van der Waals surface area contributed by atoms with E-state index in [4.69, 9.17) is 21.1 Å². The van der Waals surface area contributed by atoms with Crippen molar-refractivity contribution in [3.8, 4) is 28.7 Å². The molecule has 1 amide bonds. The fourth-order valence-corrected chi connectivity index (χ4v) is 6.49. The number of hydrogen-bond acceptors (Lipinski definition) is 8. The van der Waals surface area contributed by atoms with Crippen molar-refractivity contribution in [3.05, 3.63) is 51.0 Å². The quantitative estimate of drug-likeness (QED) is 0.412. The highest BCUT2D eigenvalue weighted by atomic mass is 35.5. The summed E-state index contributed by atoms with van der Waals surface area (Å²) >= 11 is 6.88. The number of anilines is 1. The van der Waals surface area contributed by atoms with Crippen molar-refractivity contribution >= 4 is 34.3 Å². The average molecular weight is 626 g/mol. The summed E-state index contributed by atoms with van der Waals surface area (Å²) < 4.78 is 28.7. The summed E-state index contributed by atoms with van der Waals surface area (Å²) in [6, 6.07) is 6.61. The van der Waals surface area contributed by atoms with Crippen molar-refractivity contribution in [2.45, 2.75) is 58.3 Å². The minimum Gasteiger partial charge on any atom is -0.507 e. The summed E-state index contributed by atoms with van der Waals surface area (Å²) in [5.74, 6) is -0.881. The van der Waals surface area contributed by atoms with Gasteiger partial charge in [0, 0.05) is 37.1 Å². The normalized spacial score (nSPS) is 20.1. The van der Waals surface area contributed by atoms with E-state index in [9.17, 15) is 20.0 Å². The second-order valence-electron chi connectivity index (χ2n) is 12.8. The maximum absolute atomic E-state index is 15.2. The molecule has 5 rings (SSSR count). The maximum atomic E-state index is 15.2. The van der Waals surface area contributed by atoms with Gasteiger partial charge in [-0.2, -0.15) is 5.26 Å². The Labute approximate surface area is 260 Å². The van der Waals surface area contributed by atoms with Crippen LogP contribution in [-0.4, -0.2) is 83.6 Å². The van der Waals surface area contributed by atoms with Crippen LogP contribution in [0.25, 0.3) is 22.0 Å². The van der Waals surface area contributed by atoms with Gasteiger partial charge in [0.2, 0.25) is 0 Å². The molecule has 0 radical (unpaired) electrons. The van der Waals surface area contributed by atoms with Gasteiger partial charge in [0.05, 0.1) is 33.4 Å². The first-order valence-electron chi connectivity index (χ1n) is 14.5. The van der Waals surface area contributed by atoms with Crippen LogP contribution < -0.4 is 15.2 Å². The number of likely N-dealkylation sites (N-methyl/N-ethyl adjacent to an activating group) is 1. The van der Waals surface area contributed by atoms with E-state index in [1.165, 1.54) is 18.2 Å². The summed E-state index contributed by atoms with van der Waals surface area (Å²) in [6.07, 6.45) is -0.439. The van der Waals surface area contributed by atoms with Crippen LogP contribution in [0.2, 0.25) is 5.02 Å². The molecule has 2 aliphatic rings. The van der Waals surface area contributed by atoms with Gasteiger partial charge in [-0.1, -0.05) is 17.7 Å². The van der Waals surface area contributed by atoms with Crippen LogP contribution in [0.4, 0.5) is 14.9 Å². The van der Waals surface area contributed by atoms with Crippen LogP contribution in [0.5, 0.6) is 11.5 Å². The second kappa shape index (κ2) is 11.5. The molecule has 1 aromatic heterocycles. The lowest BCUT2D eigenvalue weighted by atomic mass is 9.95. The van der Waals surface area contributed by atoms with Crippen LogP contribution in [0.1, 0.15) is 46.2 Å². The zero-order chi connectivity index (χ0) is 32.2. The van der Waals surface area contributed by atoms with E-state index in [1.807, 2.05) is 58.5 Å². The molecule has 3 atom stereocenters. The third kappa shape index (κ3) is 5.41. The third-order valence-electron chi connectivity index (χ3n) is 7.99. The summed E-state index contributed by atoms with van der Waals surface area (Å²) in [7, 11) is 3.74. The Morgan fingerprint density at radius 3 is 2.55 bits per heavy atom. The molecule has 234 valence electrons. The lowest BCUT2D eigenvalue weighted by Gasteiger charge is -2.46. The number of pyridine rings is 1. The minimum absolute atomic E-state index is 0.0589. The number of rotatable bonds is 4. The fourth-order valence-electron chi connectivity index (χ4n) is 6.20. The number of benzene rings is 2. The Bertz CT molecular complexity index is 1720. The molecule has 2 aromatic carbocycles. The molecule has 0 spiro atoms. The van der Waals surface area contributed by atoms with E-state index in [1.54, 1.807) is 15.5 Å². The molecule has 10 nitrogen and oxygen atoms in total. The maximum Gasteiger partial charge on any atom is 0.410 e. The average Bonchev–Trinajstić information content (AvgIpc) is 2.91. The van der Waals surface area contributed by atoms with Crippen LogP contribution in [0.3, 0.4) is 0 Å². The predicted octanol–water partition coefficient (Wildman–Crippen LogP) is 5.37. The van der Waals surface area contributed by atoms with Crippen LogP contribution >= 0.6 is 11.6 Å². The van der Waals surface area contributed by atoms with Crippen LogP contribution in [0, 0.1) is 17.1 Å². The first-order valence-corrected chi connectivity index (χ1v) is 14.9. The van der Waals surface area contributed by atoms with Crippen molar-refractivity contribution in [2.75, 3.05) is 45.2 Å². The number of aromatic hydroxyl groups is 1. The van der Waals surface area contributed by atoms with Gasteiger partial charge in [-0.25, -0.2) is 9.18 Å². The fraction of sp³-hybridized carbons (Fsp3) is 0.469. The number of phenols is 1. The molecule has 1 saturated heterocycles. The van der Waals surface area contributed by atoms with E-state index in [0.29, 0.717) is 29.7 Å². The molecule has 0 saturated carbocycles. The number of nitrogens with zero attached hydrogens (tertiary/aromatic N) is 5. The number of piperazine rings is 1. The Kier molecular flexibility index (Phi) is 8.20. The molecule has 1 fully saturated rings. The van der Waals surface area contributed by atoms with Gasteiger partial charge in [0.15, 0.2) is 5.75 Å². The lowest BCUT2D eigenvalue weighted by molar-refractivity contribution is 0.0130. The number of nitriles is 1. The number of hydrogen-bond donors (Lipinski definition) is 1. The Morgan fingerprint density at radius 2 is 1.93 bits per heavy atom. The molecule has 0 aliphatic carbocycles. The molecular weight excluding hydrogens is 589 g/mol. The molecule has 0 bridgehead atoms. The summed E-state index contributed by atoms with van der Waals surface area (Å²) in [6.45, 7) is 10.3. The molecule has 44 heavy (non-hydrogen) atoms. The van der Waals surface area contributed by atoms with Crippen molar-refractivity contribution in [2.24, 2.45) is 0 Å². The smallest absolute Gasteiger partial charge is 0.410 e. The number of phenolic OH excluding ortho intramolecular Hbond substituents is 1. The van der Waals surface area contributed by atoms with Crippen molar-refractivity contribution < 1.29 is 23.8 Å². The van der Waals surface area contributed by atoms with Gasteiger partial charge in [-0.15, -0.1) is 0 Å². The lowest BCUT2D eigenvalue weighted by Crippen LogP contribution is -2.59. The van der Waals surface area contributed by atoms with E-state index in [-0.39, 0.29) is 58.4 Å². The predicted molar refractivity (Wildman–Crippen MR) is 167 cm³/mol. The topological polar surface area (TPSA) is 111 Å². The second-order valence-corrected chi connectivity index (χ2v) is 13.2. The number of amides is 1. The van der Waals surface area contributed by atoms with E-state index in [0.717, 1.165) is 0 Å². The van der Waals surface area contributed by atoms with Crippen LogP contribution in [-0.2, 0) is 4.74 Å². The highest BCUT2D eigenvalue weighted by molar-refractivity contribution is 6.35. The zero-order valence-electron chi connectivity index (χ0n) is 25.9. The Hall–Kier alpha value is -4.01. The van der Waals surface area contributed by atoms with E-state index < -0.39 is 29.1 Å². The van der Waals surface area contributed by atoms with Gasteiger partial charge in [0.25, 0.3) is 5.56 Å². The number of ether oxygens (including phenoxy) is 2. The largest absolute Gasteiger partial charge is 0.507 e. The SMILES string of the molecule is C[C@@H]1CN(c2c(C#N)c(=O)n3c4c(c(-c5c(O)cccc5F)c(Cl)cc24)OC[C@H]3CN(C)C)[C@@H](C)CN1C(=O)OC(C)(C)C. The third-order valence-corrected chi connectivity index (χ3v) is 8.29. The summed E-state index contributed by atoms with van der Waals surface area (Å²) in [4.78, 5) is 32.8. The van der Waals surface area contributed by atoms with Gasteiger partial charge in [-0.05, 0) is 66.9 Å². The summed E-state index contributed by atoms with van der Waals surface area (Å²) in [5.41, 5.74) is -0.521. The molecular formula is C32H37ClFN5O5. The zero-order valence-corrected chi connectivity index (χ0v) is 26.7. The first-order chi connectivity index (χ1) is 20.6. The Morgan fingerprint density at radius 1 is 1.23 bits per heavy atom. The van der Waals surface area contributed by atoms with E-state index >= 15 is 4.39 Å². The van der Waals surface area contributed by atoms with Crippen molar-refractivity contribution in [1.29, 1.82) is 5.26 Å². The highest BCUT2D eigenvalue weighted by Crippen LogP contribution is 2.50. The first kappa shape index (κ1) is 31.4. The standard InChI is InChI=1S/C32H37ClFN5O5/c1-17-14-38(31(42)44-32(3,4)5)18(2)13-37(17)27-20-11-22(33)25(26-23(34)9-8-10-24(26)40)29-28(20)39(30(41)21(27)12-35)19(16-43-29)15-36(6)7/h8-11,17-19,40H,13-16H2,1-7H3/t17-,18+,19+/m0/s1. The van der Waals surface area contributed by atoms with Crippen molar-refractivity contribution in [3.63, 3.8) is 0 Å². The molecule has 3 heterocycles. The van der Waals surface area contributed by atoms with Gasteiger partial charge in [0.1, 0.15) is 35.4 Å². The monoisotopic (exact) mass is 625 g/mol. The van der Waals surface area contributed by atoms with Gasteiger partial charge in [-0.3, -0.25) is 9.36 Å². The number of carbonyl (C=O) groups is 1. The molecule has 0 unspecified atom stereocenters. The molecule has 12 heteroatoms. The van der Waals surface area contributed by atoms with Gasteiger partial charge < -0.3 is 29.3 Å². The molecule has 2 aliphatic heterocycles. The van der Waals surface area contributed by atoms with E-state index in [2.05, 4.69) is 6.07 Å². The Balaban J connectivity index is 1.78. The minimum atomic E-state index is -0.704. The number of halogens is 2. The number of aromatic nitrogens is 1. The molecule has 1 N–H and O–H groups in total.